The van der Waals surface area contributed by atoms with Crippen molar-refractivity contribution >= 4 is 28.7 Å². The number of phenols is 1. The molecule has 0 saturated carbocycles. The Morgan fingerprint density at radius 2 is 2.10 bits per heavy atom. The molecule has 4 rings (SSSR count). The third kappa shape index (κ3) is 4.07. The highest BCUT2D eigenvalue weighted by molar-refractivity contribution is 8.00. The topological polar surface area (TPSA) is 111 Å². The molecule has 0 aliphatic rings. The first-order valence-electron chi connectivity index (χ1n) is 9.53. The van der Waals surface area contributed by atoms with Crippen molar-refractivity contribution in [2.45, 2.75) is 31.3 Å². The average molecular weight is 426 g/mol. The second-order valence-electron chi connectivity index (χ2n) is 6.81. The number of aryl methyl sites for hydroxylation is 1. The van der Waals surface area contributed by atoms with Crippen LogP contribution in [0.5, 0.6) is 11.5 Å². The van der Waals surface area contributed by atoms with Crippen molar-refractivity contribution < 1.29 is 14.4 Å². The minimum absolute atomic E-state index is 0.0901. The van der Waals surface area contributed by atoms with Crippen LogP contribution >= 0.6 is 11.9 Å². The lowest BCUT2D eigenvalue weighted by Gasteiger charge is -2.10. The highest BCUT2D eigenvalue weighted by Crippen LogP contribution is 2.37. The summed E-state index contributed by atoms with van der Waals surface area (Å²) in [6, 6.07) is 9.59. The van der Waals surface area contributed by atoms with Gasteiger partial charge in [0.1, 0.15) is 16.9 Å². The summed E-state index contributed by atoms with van der Waals surface area (Å²) in [6.45, 7) is 3.03. The third-order valence-corrected chi connectivity index (χ3v) is 5.61. The first-order valence-corrected chi connectivity index (χ1v) is 10.3. The molecule has 2 aromatic carbocycles. The van der Waals surface area contributed by atoms with Crippen LogP contribution < -0.4 is 15.2 Å². The number of hydrogen-bond acceptors (Lipinski definition) is 8. The van der Waals surface area contributed by atoms with Crippen molar-refractivity contribution in [3.05, 3.63) is 59.4 Å². The maximum atomic E-state index is 10.6. The second-order valence-corrected chi connectivity index (χ2v) is 7.66. The van der Waals surface area contributed by atoms with E-state index in [-0.39, 0.29) is 5.75 Å². The lowest BCUT2D eigenvalue weighted by Crippen LogP contribution is -2.00. The van der Waals surface area contributed by atoms with Gasteiger partial charge in [0, 0.05) is 18.3 Å². The van der Waals surface area contributed by atoms with Crippen LogP contribution in [0.25, 0.3) is 11.0 Å². The summed E-state index contributed by atoms with van der Waals surface area (Å²) >= 11 is 1.36. The van der Waals surface area contributed by atoms with E-state index in [4.69, 9.17) is 15.0 Å². The molecule has 0 atom stereocenters. The third-order valence-electron chi connectivity index (χ3n) is 4.77. The molecule has 0 bridgehead atoms. The van der Waals surface area contributed by atoms with Gasteiger partial charge in [-0.05, 0) is 53.8 Å². The Morgan fingerprint density at radius 3 is 2.83 bits per heavy atom. The van der Waals surface area contributed by atoms with Gasteiger partial charge in [0.05, 0.1) is 24.7 Å². The van der Waals surface area contributed by atoms with Crippen LogP contribution in [0.3, 0.4) is 0 Å². The zero-order valence-electron chi connectivity index (χ0n) is 16.8. The predicted octanol–water partition coefficient (Wildman–Crippen LogP) is 3.93. The lowest BCUT2D eigenvalue weighted by atomic mass is 10.1. The Balaban J connectivity index is 1.56. The fraction of sp³-hybridized carbons (Fsp3) is 0.238. The van der Waals surface area contributed by atoms with Gasteiger partial charge >= 0.3 is 0 Å². The number of aromatic hydroxyl groups is 1. The Kier molecular flexibility index (Phi) is 5.82. The summed E-state index contributed by atoms with van der Waals surface area (Å²) in [5.74, 6) is 1.31. The van der Waals surface area contributed by atoms with Gasteiger partial charge in [-0.1, -0.05) is 18.1 Å². The van der Waals surface area contributed by atoms with Crippen LogP contribution in [-0.4, -0.2) is 27.2 Å². The van der Waals surface area contributed by atoms with Crippen LogP contribution in [0, 0.1) is 0 Å². The summed E-state index contributed by atoms with van der Waals surface area (Å²) in [5, 5.41) is 19.5. The molecule has 4 aromatic rings. The summed E-state index contributed by atoms with van der Waals surface area (Å²) in [7, 11) is 1.64. The second kappa shape index (κ2) is 8.68. The maximum Gasteiger partial charge on any atom is 0.191 e. The number of fused-ring (bicyclic) bond motifs is 1. The van der Waals surface area contributed by atoms with E-state index >= 15 is 0 Å². The number of benzene rings is 2. The number of methoxy groups -OCH3 is 1. The van der Waals surface area contributed by atoms with E-state index in [1.54, 1.807) is 24.1 Å². The molecule has 0 aliphatic carbocycles. The first kappa shape index (κ1) is 20.1. The molecule has 0 amide bonds. The smallest absolute Gasteiger partial charge is 0.191 e. The standard InChI is InChI=1S/C21H23N5O3S/c1-3-13-4-5-17(28-2)19(8-13)30-25-21-20-16(27)6-14(7-18(20)29-24-21)11-26-12-15(9-22)10-23-26/h4-8,10,12,27H,3,9,11,22H2,1-2H3,(H,24,25). The van der Waals surface area contributed by atoms with Crippen LogP contribution in [0.15, 0.2) is 52.1 Å². The molecule has 2 aromatic heterocycles. The van der Waals surface area contributed by atoms with Crippen molar-refractivity contribution in [1.29, 1.82) is 0 Å². The van der Waals surface area contributed by atoms with Crippen LogP contribution in [0.1, 0.15) is 23.6 Å². The summed E-state index contributed by atoms with van der Waals surface area (Å²) in [6.07, 6.45) is 4.54. The number of nitrogens with one attached hydrogen (secondary N) is 1. The summed E-state index contributed by atoms with van der Waals surface area (Å²) in [4.78, 5) is 0.929. The molecule has 156 valence electrons. The minimum atomic E-state index is 0.0901. The molecular weight excluding hydrogens is 402 g/mol. The fourth-order valence-electron chi connectivity index (χ4n) is 3.18. The highest BCUT2D eigenvalue weighted by Gasteiger charge is 2.16. The number of aromatic nitrogens is 3. The molecule has 30 heavy (non-hydrogen) atoms. The number of hydrogen-bond donors (Lipinski definition) is 3. The molecule has 0 unspecified atom stereocenters. The maximum absolute atomic E-state index is 10.6. The number of phenolic OH excluding ortho intramolecular Hbond substituents is 1. The van der Waals surface area contributed by atoms with Gasteiger partial charge in [-0.25, -0.2) is 0 Å². The number of nitrogens with zero attached hydrogens (tertiary/aromatic N) is 3. The van der Waals surface area contributed by atoms with E-state index in [2.05, 4.69) is 28.0 Å². The van der Waals surface area contributed by atoms with Crippen LogP contribution in [0.4, 0.5) is 5.82 Å². The molecule has 0 radical (unpaired) electrons. The van der Waals surface area contributed by atoms with Crippen molar-refractivity contribution in [1.82, 2.24) is 14.9 Å². The molecule has 2 heterocycles. The van der Waals surface area contributed by atoms with Gasteiger partial charge in [-0.2, -0.15) is 5.10 Å². The van der Waals surface area contributed by atoms with Crippen molar-refractivity contribution in [2.24, 2.45) is 5.73 Å². The zero-order chi connectivity index (χ0) is 21.1. The fourth-order valence-corrected chi connectivity index (χ4v) is 3.99. The molecule has 4 N–H and O–H groups in total. The quantitative estimate of drug-likeness (QED) is 0.364. The van der Waals surface area contributed by atoms with Gasteiger partial charge in [-0.15, -0.1) is 0 Å². The monoisotopic (exact) mass is 425 g/mol. The zero-order valence-corrected chi connectivity index (χ0v) is 17.6. The number of ether oxygens (including phenoxy) is 1. The van der Waals surface area contributed by atoms with E-state index in [0.717, 1.165) is 28.2 Å². The average Bonchev–Trinajstić information content (AvgIpc) is 3.38. The van der Waals surface area contributed by atoms with Crippen molar-refractivity contribution in [2.75, 3.05) is 11.8 Å². The Bertz CT molecular complexity index is 1170. The SMILES string of the molecule is CCc1ccc(OC)c(SNc2noc3cc(Cn4cc(CN)cn4)cc(O)c23)c1. The predicted molar refractivity (Wildman–Crippen MR) is 117 cm³/mol. The number of anilines is 1. The lowest BCUT2D eigenvalue weighted by molar-refractivity contribution is 0.404. The van der Waals surface area contributed by atoms with Crippen molar-refractivity contribution in [3.8, 4) is 11.5 Å². The van der Waals surface area contributed by atoms with E-state index in [1.165, 1.54) is 17.5 Å². The summed E-state index contributed by atoms with van der Waals surface area (Å²) in [5.41, 5.74) is 9.12. The Hall–Kier alpha value is -3.17. The Morgan fingerprint density at radius 1 is 1.23 bits per heavy atom. The van der Waals surface area contributed by atoms with E-state index < -0.39 is 0 Å². The largest absolute Gasteiger partial charge is 0.507 e. The van der Waals surface area contributed by atoms with Crippen molar-refractivity contribution in [3.63, 3.8) is 0 Å². The van der Waals surface area contributed by atoms with E-state index in [9.17, 15) is 5.11 Å². The number of nitrogens with two attached hydrogens (primary N) is 1. The molecule has 0 fully saturated rings. The molecule has 0 spiro atoms. The van der Waals surface area contributed by atoms with E-state index in [0.29, 0.717) is 29.9 Å². The summed E-state index contributed by atoms with van der Waals surface area (Å²) < 4.78 is 15.8. The first-order chi connectivity index (χ1) is 14.6. The van der Waals surface area contributed by atoms with E-state index in [1.807, 2.05) is 24.4 Å². The van der Waals surface area contributed by atoms with Gasteiger partial charge in [-0.3, -0.25) is 4.68 Å². The number of rotatable bonds is 8. The van der Waals surface area contributed by atoms with Gasteiger partial charge in [0.2, 0.25) is 0 Å². The van der Waals surface area contributed by atoms with Gasteiger partial charge in [0.25, 0.3) is 0 Å². The highest BCUT2D eigenvalue weighted by atomic mass is 32.2. The van der Waals surface area contributed by atoms with Gasteiger partial charge < -0.3 is 24.8 Å². The minimum Gasteiger partial charge on any atom is -0.507 e. The Labute approximate surface area is 178 Å². The molecule has 0 aliphatic heterocycles. The molecule has 0 saturated heterocycles. The molecule has 9 heteroatoms. The normalized spacial score (nSPS) is 11.2. The molecule has 8 nitrogen and oxygen atoms in total. The van der Waals surface area contributed by atoms with Gasteiger partial charge in [0.15, 0.2) is 11.4 Å². The van der Waals surface area contributed by atoms with Crippen LogP contribution in [0.2, 0.25) is 0 Å². The molecular formula is C21H23N5O3S. The van der Waals surface area contributed by atoms with Crippen LogP contribution in [-0.2, 0) is 19.5 Å².